The summed E-state index contributed by atoms with van der Waals surface area (Å²) < 4.78 is 24.1. The minimum absolute atomic E-state index is 0.0199. The molecule has 17 heavy (non-hydrogen) atoms. The summed E-state index contributed by atoms with van der Waals surface area (Å²) in [6.07, 6.45) is 3.92. The van der Waals surface area contributed by atoms with E-state index in [2.05, 4.69) is 5.10 Å². The number of aliphatic hydroxyl groups is 1. The van der Waals surface area contributed by atoms with Gasteiger partial charge in [0.15, 0.2) is 9.84 Å². The lowest BCUT2D eigenvalue weighted by atomic mass is 10.2. The monoisotopic (exact) mass is 252 g/mol. The van der Waals surface area contributed by atoms with Gasteiger partial charge in [0, 0.05) is 12.5 Å². The van der Waals surface area contributed by atoms with E-state index in [4.69, 9.17) is 5.11 Å². The van der Waals surface area contributed by atoms with E-state index in [1.165, 1.54) is 17.1 Å². The van der Waals surface area contributed by atoms with E-state index < -0.39 is 9.84 Å². The van der Waals surface area contributed by atoms with Gasteiger partial charge < -0.3 is 5.11 Å². The summed E-state index contributed by atoms with van der Waals surface area (Å²) in [5, 5.41) is 12.9. The van der Waals surface area contributed by atoms with E-state index >= 15 is 0 Å². The smallest absolute Gasteiger partial charge is 0.178 e. The Balaban J connectivity index is 2.37. The molecule has 1 heterocycles. The zero-order valence-corrected chi connectivity index (χ0v) is 10.1. The number of rotatable bonds is 3. The van der Waals surface area contributed by atoms with Gasteiger partial charge in [-0.05, 0) is 17.7 Å². The molecular weight excluding hydrogens is 240 g/mol. The van der Waals surface area contributed by atoms with Gasteiger partial charge in [0.25, 0.3) is 0 Å². The highest BCUT2D eigenvalue weighted by molar-refractivity contribution is 7.90. The second-order valence-electron chi connectivity index (χ2n) is 3.72. The van der Waals surface area contributed by atoms with Gasteiger partial charge in [0.2, 0.25) is 0 Å². The molecule has 1 aromatic heterocycles. The van der Waals surface area contributed by atoms with Gasteiger partial charge in [-0.25, -0.2) is 13.1 Å². The summed E-state index contributed by atoms with van der Waals surface area (Å²) in [5.41, 5.74) is 1.54. The predicted molar refractivity (Wildman–Crippen MR) is 62.6 cm³/mol. The van der Waals surface area contributed by atoms with Crippen LogP contribution < -0.4 is 0 Å². The average molecular weight is 252 g/mol. The maximum absolute atomic E-state index is 11.3. The van der Waals surface area contributed by atoms with Crippen molar-refractivity contribution in [3.8, 4) is 5.69 Å². The van der Waals surface area contributed by atoms with Gasteiger partial charge in [-0.15, -0.1) is 0 Å². The van der Waals surface area contributed by atoms with Crippen molar-refractivity contribution in [3.05, 3.63) is 42.2 Å². The first-order valence-electron chi connectivity index (χ1n) is 4.95. The molecule has 1 N–H and O–H groups in total. The lowest BCUT2D eigenvalue weighted by molar-refractivity contribution is 0.282. The highest BCUT2D eigenvalue weighted by atomic mass is 32.2. The Kier molecular flexibility index (Phi) is 2.99. The van der Waals surface area contributed by atoms with Crippen LogP contribution in [-0.4, -0.2) is 29.6 Å². The normalized spacial score (nSPS) is 11.6. The van der Waals surface area contributed by atoms with E-state index in [1.807, 2.05) is 0 Å². The highest BCUT2D eigenvalue weighted by Crippen LogP contribution is 2.13. The maximum atomic E-state index is 11.3. The van der Waals surface area contributed by atoms with Gasteiger partial charge in [-0.2, -0.15) is 5.10 Å². The van der Waals surface area contributed by atoms with Gasteiger partial charge in [0.05, 0.1) is 18.5 Å². The van der Waals surface area contributed by atoms with Crippen LogP contribution in [0.4, 0.5) is 0 Å². The molecule has 90 valence electrons. The van der Waals surface area contributed by atoms with Crippen molar-refractivity contribution in [2.75, 3.05) is 6.26 Å². The fourth-order valence-corrected chi connectivity index (χ4v) is 1.92. The van der Waals surface area contributed by atoms with Crippen molar-refractivity contribution >= 4 is 9.84 Å². The SMILES string of the molecule is CS(=O)(=O)c1cnn(-c2ccc(CO)cc2)c1. The quantitative estimate of drug-likeness (QED) is 0.875. The highest BCUT2D eigenvalue weighted by Gasteiger charge is 2.10. The summed E-state index contributed by atoms with van der Waals surface area (Å²) in [6, 6.07) is 7.06. The summed E-state index contributed by atoms with van der Waals surface area (Å²) in [6.45, 7) is -0.0199. The first-order chi connectivity index (χ1) is 8.00. The number of hydrogen-bond acceptors (Lipinski definition) is 4. The molecule has 2 rings (SSSR count). The van der Waals surface area contributed by atoms with Gasteiger partial charge >= 0.3 is 0 Å². The van der Waals surface area contributed by atoms with Crippen molar-refractivity contribution in [2.45, 2.75) is 11.5 Å². The predicted octanol–water partition coefficient (Wildman–Crippen LogP) is 0.768. The van der Waals surface area contributed by atoms with Crippen LogP contribution in [0.15, 0.2) is 41.6 Å². The molecule has 0 unspecified atom stereocenters. The lowest BCUT2D eigenvalue weighted by Crippen LogP contribution is -1.96. The number of benzene rings is 1. The molecule has 0 radical (unpaired) electrons. The molecule has 1 aromatic carbocycles. The van der Waals surface area contributed by atoms with E-state index in [-0.39, 0.29) is 11.5 Å². The average Bonchev–Trinajstić information content (AvgIpc) is 2.78. The molecular formula is C11H12N2O3S. The number of aromatic nitrogens is 2. The van der Waals surface area contributed by atoms with E-state index in [1.54, 1.807) is 24.3 Å². The van der Waals surface area contributed by atoms with Crippen LogP contribution in [0.3, 0.4) is 0 Å². The minimum Gasteiger partial charge on any atom is -0.392 e. The van der Waals surface area contributed by atoms with Crippen LogP contribution in [0, 0.1) is 0 Å². The molecule has 0 fully saturated rings. The Bertz CT molecular complexity index is 614. The van der Waals surface area contributed by atoms with E-state index in [0.717, 1.165) is 17.5 Å². The largest absolute Gasteiger partial charge is 0.392 e. The van der Waals surface area contributed by atoms with Crippen LogP contribution in [0.5, 0.6) is 0 Å². The summed E-state index contributed by atoms with van der Waals surface area (Å²) in [5.74, 6) is 0. The molecule has 6 heteroatoms. The zero-order valence-electron chi connectivity index (χ0n) is 9.24. The Hall–Kier alpha value is -1.66. The molecule has 5 nitrogen and oxygen atoms in total. The van der Waals surface area contributed by atoms with Crippen LogP contribution in [0.1, 0.15) is 5.56 Å². The van der Waals surface area contributed by atoms with Crippen molar-refractivity contribution in [3.63, 3.8) is 0 Å². The third-order valence-electron chi connectivity index (χ3n) is 2.37. The first kappa shape index (κ1) is 11.8. The minimum atomic E-state index is -3.23. The van der Waals surface area contributed by atoms with Crippen LogP contribution in [0.25, 0.3) is 5.69 Å². The van der Waals surface area contributed by atoms with Crippen molar-refractivity contribution in [1.29, 1.82) is 0 Å². The summed E-state index contributed by atoms with van der Waals surface area (Å²) in [4.78, 5) is 0.184. The Labute approximate surface area is 99.2 Å². The fourth-order valence-electron chi connectivity index (χ4n) is 1.39. The fraction of sp³-hybridized carbons (Fsp3) is 0.182. The van der Waals surface area contributed by atoms with Crippen molar-refractivity contribution in [2.24, 2.45) is 0 Å². The second-order valence-corrected chi connectivity index (χ2v) is 5.73. The molecule has 0 amide bonds. The molecule has 0 aliphatic heterocycles. The van der Waals surface area contributed by atoms with Crippen molar-refractivity contribution in [1.82, 2.24) is 9.78 Å². The lowest BCUT2D eigenvalue weighted by Gasteiger charge is -2.01. The second kappa shape index (κ2) is 4.31. The first-order valence-corrected chi connectivity index (χ1v) is 6.85. The molecule has 0 saturated carbocycles. The maximum Gasteiger partial charge on any atom is 0.178 e. The Morgan fingerprint density at radius 1 is 1.29 bits per heavy atom. The molecule has 0 aliphatic rings. The van der Waals surface area contributed by atoms with Crippen LogP contribution in [0.2, 0.25) is 0 Å². The van der Waals surface area contributed by atoms with Gasteiger partial charge in [0.1, 0.15) is 4.90 Å². The van der Waals surface area contributed by atoms with E-state index in [0.29, 0.717) is 0 Å². The van der Waals surface area contributed by atoms with Crippen LogP contribution >= 0.6 is 0 Å². The Morgan fingerprint density at radius 3 is 2.41 bits per heavy atom. The molecule has 0 spiro atoms. The van der Waals surface area contributed by atoms with Gasteiger partial charge in [-0.3, -0.25) is 0 Å². The van der Waals surface area contributed by atoms with Crippen molar-refractivity contribution < 1.29 is 13.5 Å². The molecule has 0 saturated heterocycles. The zero-order chi connectivity index (χ0) is 12.5. The van der Waals surface area contributed by atoms with Gasteiger partial charge in [-0.1, -0.05) is 12.1 Å². The number of aliphatic hydroxyl groups excluding tert-OH is 1. The number of sulfone groups is 1. The third-order valence-corrected chi connectivity index (χ3v) is 3.44. The number of hydrogen-bond donors (Lipinski definition) is 1. The summed E-state index contributed by atoms with van der Waals surface area (Å²) >= 11 is 0. The molecule has 0 atom stereocenters. The molecule has 2 aromatic rings. The van der Waals surface area contributed by atoms with E-state index in [9.17, 15) is 8.42 Å². The third kappa shape index (κ3) is 2.54. The number of nitrogens with zero attached hydrogens (tertiary/aromatic N) is 2. The topological polar surface area (TPSA) is 72.2 Å². The summed E-state index contributed by atoms with van der Waals surface area (Å²) in [7, 11) is -3.23. The molecule has 0 bridgehead atoms. The van der Waals surface area contributed by atoms with Crippen LogP contribution in [-0.2, 0) is 16.4 Å². The Morgan fingerprint density at radius 2 is 1.94 bits per heavy atom. The standard InChI is InChI=1S/C11H12N2O3S/c1-17(15,16)11-6-12-13(7-11)10-4-2-9(8-14)3-5-10/h2-7,14H,8H2,1H3. The molecule has 0 aliphatic carbocycles.